The second kappa shape index (κ2) is 7.80. The van der Waals surface area contributed by atoms with Crippen LogP contribution < -0.4 is 0 Å². The highest BCUT2D eigenvalue weighted by Gasteiger charge is 2.22. The Balaban J connectivity index is 1.59. The zero-order chi connectivity index (χ0) is 18.8. The molecule has 0 saturated carbocycles. The van der Waals surface area contributed by atoms with Crippen LogP contribution in [0.25, 0.3) is 11.4 Å². The van der Waals surface area contributed by atoms with Crippen LogP contribution >= 0.6 is 0 Å². The molecule has 6 heteroatoms. The van der Waals surface area contributed by atoms with Gasteiger partial charge in [-0.05, 0) is 62.6 Å². The molecule has 0 spiro atoms. The number of nitrogens with zero attached hydrogens (tertiary/aromatic N) is 3. The molecule has 3 heterocycles. The lowest BCUT2D eigenvalue weighted by atomic mass is 9.98. The van der Waals surface area contributed by atoms with Gasteiger partial charge in [0, 0.05) is 43.9 Å². The molecular weight excluding hydrogens is 340 g/mol. The number of aryl methyl sites for hydroxylation is 2. The fourth-order valence-electron chi connectivity index (χ4n) is 4.12. The number of amides is 1. The van der Waals surface area contributed by atoms with Crippen LogP contribution in [0, 0.1) is 19.8 Å². The van der Waals surface area contributed by atoms with E-state index in [1.807, 2.05) is 17.9 Å². The van der Waals surface area contributed by atoms with Gasteiger partial charge in [0.2, 0.25) is 0 Å². The van der Waals surface area contributed by atoms with E-state index in [0.717, 1.165) is 80.1 Å². The third-order valence-electron chi connectivity index (χ3n) is 5.72. The summed E-state index contributed by atoms with van der Waals surface area (Å²) in [6, 6.07) is 4.06. The molecule has 6 nitrogen and oxygen atoms in total. The Morgan fingerprint density at radius 3 is 2.78 bits per heavy atom. The number of ether oxygens (including phenoxy) is 1. The number of carbonyl (C=O) groups excluding carboxylic acids is 1. The van der Waals surface area contributed by atoms with Crippen molar-refractivity contribution in [2.75, 3.05) is 26.3 Å². The van der Waals surface area contributed by atoms with E-state index in [0.29, 0.717) is 11.7 Å². The molecule has 2 saturated heterocycles. The summed E-state index contributed by atoms with van der Waals surface area (Å²) in [6.07, 6.45) is 5.34. The lowest BCUT2D eigenvalue weighted by Crippen LogP contribution is -2.36. The Morgan fingerprint density at radius 1 is 1.22 bits per heavy atom. The van der Waals surface area contributed by atoms with Crippen molar-refractivity contribution in [1.82, 2.24) is 20.1 Å². The molecule has 2 aliphatic heterocycles. The third kappa shape index (κ3) is 3.90. The van der Waals surface area contributed by atoms with Gasteiger partial charge in [-0.15, -0.1) is 0 Å². The normalized spacial score (nSPS) is 20.2. The molecule has 1 atom stereocenters. The summed E-state index contributed by atoms with van der Waals surface area (Å²) in [5.41, 5.74) is 3.82. The topological polar surface area (TPSA) is 71.1 Å². The molecular formula is C21H28N4O2. The number of piperidine rings is 1. The highest BCUT2D eigenvalue weighted by Crippen LogP contribution is 2.26. The number of hydrogen-bond acceptors (Lipinski definition) is 4. The number of benzene rings is 1. The van der Waals surface area contributed by atoms with E-state index >= 15 is 0 Å². The summed E-state index contributed by atoms with van der Waals surface area (Å²) in [4.78, 5) is 19.7. The summed E-state index contributed by atoms with van der Waals surface area (Å²) >= 11 is 0. The van der Waals surface area contributed by atoms with Gasteiger partial charge in [0.1, 0.15) is 5.82 Å². The first-order valence-electron chi connectivity index (χ1n) is 10.0. The number of aromatic amines is 1. The quantitative estimate of drug-likeness (QED) is 0.899. The van der Waals surface area contributed by atoms with E-state index in [1.165, 1.54) is 6.42 Å². The minimum Gasteiger partial charge on any atom is -0.381 e. The predicted octanol–water partition coefficient (Wildman–Crippen LogP) is 3.29. The van der Waals surface area contributed by atoms with Crippen LogP contribution in [0.1, 0.15) is 53.0 Å². The van der Waals surface area contributed by atoms with Crippen molar-refractivity contribution in [1.29, 1.82) is 0 Å². The number of hydrogen-bond donors (Lipinski definition) is 1. The largest absolute Gasteiger partial charge is 0.381 e. The van der Waals surface area contributed by atoms with E-state index in [-0.39, 0.29) is 5.91 Å². The van der Waals surface area contributed by atoms with Gasteiger partial charge < -0.3 is 9.64 Å². The lowest BCUT2D eigenvalue weighted by molar-refractivity contribution is 0.0723. The second-order valence-electron chi connectivity index (χ2n) is 7.87. The van der Waals surface area contributed by atoms with E-state index < -0.39 is 0 Å². The Morgan fingerprint density at radius 2 is 2.04 bits per heavy atom. The van der Waals surface area contributed by atoms with Crippen LogP contribution in [0.4, 0.5) is 0 Å². The van der Waals surface area contributed by atoms with Crippen LogP contribution in [0.5, 0.6) is 0 Å². The van der Waals surface area contributed by atoms with Gasteiger partial charge in [-0.2, -0.15) is 5.10 Å². The molecule has 1 N–H and O–H groups in total. The Hall–Kier alpha value is -2.21. The molecule has 2 fully saturated rings. The molecule has 4 rings (SSSR count). The first kappa shape index (κ1) is 18.2. The smallest absolute Gasteiger partial charge is 0.254 e. The standard InChI is InChI=1S/C21H28N4O2/c1-14-10-15(2)18(21(26)25-7-4-3-5-8-25)12-17(14)20-22-19(23-24-20)11-16-6-9-27-13-16/h10,12,16H,3-9,11,13H2,1-2H3,(H,22,23,24). The van der Waals surface area contributed by atoms with Crippen LogP contribution in [0.15, 0.2) is 12.1 Å². The SMILES string of the molecule is Cc1cc(C)c(-c2n[nH]c(CC3CCOC3)n2)cc1C(=O)N1CCCCC1. The van der Waals surface area contributed by atoms with E-state index in [2.05, 4.69) is 23.2 Å². The molecule has 2 aromatic rings. The fourth-order valence-corrected chi connectivity index (χ4v) is 4.12. The second-order valence-corrected chi connectivity index (χ2v) is 7.87. The summed E-state index contributed by atoms with van der Waals surface area (Å²) in [5.74, 6) is 2.21. The zero-order valence-corrected chi connectivity index (χ0v) is 16.3. The van der Waals surface area contributed by atoms with Crippen molar-refractivity contribution in [3.63, 3.8) is 0 Å². The number of likely N-dealkylation sites (tertiary alicyclic amines) is 1. The van der Waals surface area contributed by atoms with Crippen LogP contribution in [0.2, 0.25) is 0 Å². The summed E-state index contributed by atoms with van der Waals surface area (Å²) < 4.78 is 5.45. The van der Waals surface area contributed by atoms with Crippen LogP contribution in [-0.2, 0) is 11.2 Å². The van der Waals surface area contributed by atoms with Crippen LogP contribution in [0.3, 0.4) is 0 Å². The Bertz CT molecular complexity index is 818. The minimum absolute atomic E-state index is 0.132. The Kier molecular flexibility index (Phi) is 5.25. The minimum atomic E-state index is 0.132. The van der Waals surface area contributed by atoms with Crippen molar-refractivity contribution in [2.45, 2.75) is 46.0 Å². The first-order valence-corrected chi connectivity index (χ1v) is 10.0. The van der Waals surface area contributed by atoms with Gasteiger partial charge in [0.25, 0.3) is 5.91 Å². The number of aromatic nitrogens is 3. The van der Waals surface area contributed by atoms with Gasteiger partial charge in [-0.1, -0.05) is 6.07 Å². The summed E-state index contributed by atoms with van der Waals surface area (Å²) in [7, 11) is 0. The monoisotopic (exact) mass is 368 g/mol. The maximum Gasteiger partial charge on any atom is 0.254 e. The predicted molar refractivity (Wildman–Crippen MR) is 104 cm³/mol. The summed E-state index contributed by atoms with van der Waals surface area (Å²) in [5, 5.41) is 7.50. The average Bonchev–Trinajstić information content (AvgIpc) is 3.35. The summed E-state index contributed by atoms with van der Waals surface area (Å²) in [6.45, 7) is 7.42. The van der Waals surface area contributed by atoms with Crippen molar-refractivity contribution in [3.05, 3.63) is 34.6 Å². The van der Waals surface area contributed by atoms with E-state index in [9.17, 15) is 4.79 Å². The molecule has 144 valence electrons. The van der Waals surface area contributed by atoms with Gasteiger partial charge in [0.05, 0.1) is 0 Å². The molecule has 1 aromatic carbocycles. The molecule has 0 radical (unpaired) electrons. The van der Waals surface area contributed by atoms with Crippen molar-refractivity contribution >= 4 is 5.91 Å². The van der Waals surface area contributed by atoms with Gasteiger partial charge in [0.15, 0.2) is 5.82 Å². The number of H-pyrrole nitrogens is 1. The highest BCUT2D eigenvalue weighted by molar-refractivity contribution is 5.97. The number of carbonyl (C=O) groups is 1. The van der Waals surface area contributed by atoms with Gasteiger partial charge in [-0.3, -0.25) is 9.89 Å². The highest BCUT2D eigenvalue weighted by atomic mass is 16.5. The zero-order valence-electron chi connectivity index (χ0n) is 16.3. The third-order valence-corrected chi connectivity index (χ3v) is 5.72. The van der Waals surface area contributed by atoms with E-state index in [1.54, 1.807) is 0 Å². The van der Waals surface area contributed by atoms with Crippen LogP contribution in [-0.4, -0.2) is 52.3 Å². The maximum absolute atomic E-state index is 13.0. The molecule has 0 aliphatic carbocycles. The van der Waals surface area contributed by atoms with Crippen molar-refractivity contribution in [3.8, 4) is 11.4 Å². The number of nitrogens with one attached hydrogen (secondary N) is 1. The maximum atomic E-state index is 13.0. The van der Waals surface area contributed by atoms with Gasteiger partial charge in [-0.25, -0.2) is 4.98 Å². The molecule has 2 aliphatic rings. The molecule has 1 amide bonds. The molecule has 27 heavy (non-hydrogen) atoms. The average molecular weight is 368 g/mol. The first-order chi connectivity index (χ1) is 13.1. The molecule has 1 unspecified atom stereocenters. The van der Waals surface area contributed by atoms with Gasteiger partial charge >= 0.3 is 0 Å². The van der Waals surface area contributed by atoms with Crippen molar-refractivity contribution in [2.24, 2.45) is 5.92 Å². The lowest BCUT2D eigenvalue weighted by Gasteiger charge is -2.27. The molecule has 0 bridgehead atoms. The Labute approximate surface area is 160 Å². The van der Waals surface area contributed by atoms with Crippen molar-refractivity contribution < 1.29 is 9.53 Å². The number of rotatable bonds is 4. The fraction of sp³-hybridized carbons (Fsp3) is 0.571. The van der Waals surface area contributed by atoms with E-state index in [4.69, 9.17) is 9.72 Å². The molecule has 1 aromatic heterocycles.